The predicted octanol–water partition coefficient (Wildman–Crippen LogP) is 2.84. The van der Waals surface area contributed by atoms with Crippen LogP contribution in [0.2, 0.25) is 0 Å². The second kappa shape index (κ2) is 8.13. The molecule has 0 aliphatic heterocycles. The zero-order valence-electron chi connectivity index (χ0n) is 9.71. The van der Waals surface area contributed by atoms with Gasteiger partial charge in [0.25, 0.3) is 0 Å². The third-order valence-electron chi connectivity index (χ3n) is 1.89. The lowest BCUT2D eigenvalue weighted by Gasteiger charge is -2.02. The van der Waals surface area contributed by atoms with Gasteiger partial charge in [-0.25, -0.2) is 4.99 Å². The van der Waals surface area contributed by atoms with Crippen LogP contribution in [0.1, 0.15) is 6.92 Å². The van der Waals surface area contributed by atoms with Gasteiger partial charge in [-0.3, -0.25) is 10.7 Å². The Bertz CT molecular complexity index is 394. The van der Waals surface area contributed by atoms with Crippen LogP contribution in [0, 0.1) is 0 Å². The molecule has 4 nitrogen and oxygen atoms in total. The smallest absolute Gasteiger partial charge is 0.119 e. The van der Waals surface area contributed by atoms with Gasteiger partial charge in [0, 0.05) is 0 Å². The number of hydrogen-bond acceptors (Lipinski definition) is 3. The van der Waals surface area contributed by atoms with Gasteiger partial charge in [0.1, 0.15) is 18.7 Å². The van der Waals surface area contributed by atoms with E-state index in [-0.39, 0.29) is 0 Å². The lowest BCUT2D eigenvalue weighted by molar-refractivity contribution is 0.240. The molecule has 17 heavy (non-hydrogen) atoms. The first kappa shape index (κ1) is 13.0. The Balaban J connectivity index is 2.42. The quantitative estimate of drug-likeness (QED) is 0.343. The highest BCUT2D eigenvalue weighted by atomic mass is 16.5. The molecule has 0 heterocycles. The SMILES string of the molecule is CC=CC=CCOc1ccc(N=CNO)cc1. The molecule has 0 unspecified atom stereocenters. The van der Waals surface area contributed by atoms with Gasteiger partial charge in [-0.05, 0) is 37.3 Å². The first-order chi connectivity index (χ1) is 8.36. The van der Waals surface area contributed by atoms with Crippen LogP contribution in [0.5, 0.6) is 5.75 Å². The highest BCUT2D eigenvalue weighted by molar-refractivity contribution is 5.59. The zero-order chi connectivity index (χ0) is 12.3. The second-order valence-electron chi connectivity index (χ2n) is 3.15. The predicted molar refractivity (Wildman–Crippen MR) is 69.0 cm³/mol. The Labute approximate surface area is 101 Å². The molecule has 0 spiro atoms. The van der Waals surface area contributed by atoms with Gasteiger partial charge in [-0.2, -0.15) is 0 Å². The minimum atomic E-state index is 0.533. The fourth-order valence-electron chi connectivity index (χ4n) is 1.12. The molecule has 0 aliphatic rings. The van der Waals surface area contributed by atoms with Gasteiger partial charge in [-0.1, -0.05) is 18.2 Å². The molecule has 0 aromatic heterocycles. The molecule has 4 heteroatoms. The van der Waals surface area contributed by atoms with E-state index in [9.17, 15) is 0 Å². The van der Waals surface area contributed by atoms with E-state index in [1.807, 2.05) is 48.8 Å². The lowest BCUT2D eigenvalue weighted by atomic mass is 10.3. The highest BCUT2D eigenvalue weighted by Gasteiger charge is 1.92. The van der Waals surface area contributed by atoms with Crippen LogP contribution >= 0.6 is 0 Å². The number of benzene rings is 1. The number of ether oxygens (including phenoxy) is 1. The monoisotopic (exact) mass is 232 g/mol. The van der Waals surface area contributed by atoms with Crippen LogP contribution in [0.4, 0.5) is 5.69 Å². The first-order valence-electron chi connectivity index (χ1n) is 5.29. The van der Waals surface area contributed by atoms with E-state index in [1.165, 1.54) is 6.34 Å². The number of hydroxylamine groups is 1. The van der Waals surface area contributed by atoms with Crippen LogP contribution in [0.15, 0.2) is 53.6 Å². The van der Waals surface area contributed by atoms with Crippen molar-refractivity contribution < 1.29 is 9.94 Å². The molecule has 2 N–H and O–H groups in total. The number of hydrogen-bond donors (Lipinski definition) is 2. The summed E-state index contributed by atoms with van der Waals surface area (Å²) in [6, 6.07) is 7.26. The van der Waals surface area contributed by atoms with Crippen molar-refractivity contribution in [3.05, 3.63) is 48.6 Å². The van der Waals surface area contributed by atoms with Crippen molar-refractivity contribution in [1.29, 1.82) is 0 Å². The fourth-order valence-corrected chi connectivity index (χ4v) is 1.12. The Morgan fingerprint density at radius 2 is 2.06 bits per heavy atom. The minimum absolute atomic E-state index is 0.533. The lowest BCUT2D eigenvalue weighted by Crippen LogP contribution is -2.00. The maximum Gasteiger partial charge on any atom is 0.119 e. The van der Waals surface area contributed by atoms with Crippen molar-refractivity contribution in [3.8, 4) is 5.75 Å². The van der Waals surface area contributed by atoms with E-state index in [0.717, 1.165) is 11.4 Å². The van der Waals surface area contributed by atoms with Gasteiger partial charge >= 0.3 is 0 Å². The van der Waals surface area contributed by atoms with Gasteiger partial charge < -0.3 is 4.74 Å². The standard InChI is InChI=1S/C13H16N2O2/c1-2-3-4-5-10-17-13-8-6-12(7-9-13)14-11-15-16/h2-9,11,16H,10H2,1H3,(H,14,15). The van der Waals surface area contributed by atoms with Gasteiger partial charge in [0.15, 0.2) is 0 Å². The summed E-state index contributed by atoms with van der Waals surface area (Å²) in [6.45, 7) is 2.50. The summed E-state index contributed by atoms with van der Waals surface area (Å²) < 4.78 is 5.47. The Kier molecular flexibility index (Phi) is 6.21. The fraction of sp³-hybridized carbons (Fsp3) is 0.154. The van der Waals surface area contributed by atoms with Crippen molar-refractivity contribution in [3.63, 3.8) is 0 Å². The van der Waals surface area contributed by atoms with Crippen LogP contribution in [-0.2, 0) is 0 Å². The topological polar surface area (TPSA) is 53.8 Å². The summed E-state index contributed by atoms with van der Waals surface area (Å²) in [5, 5.41) is 8.33. The highest BCUT2D eigenvalue weighted by Crippen LogP contribution is 2.17. The number of nitrogens with zero attached hydrogens (tertiary/aromatic N) is 1. The molecule has 0 amide bonds. The molecule has 0 fully saturated rings. The van der Waals surface area contributed by atoms with Crippen molar-refractivity contribution in [2.45, 2.75) is 6.92 Å². The Morgan fingerprint density at radius 3 is 2.71 bits per heavy atom. The molecule has 0 bridgehead atoms. The molecule has 0 saturated carbocycles. The average Bonchev–Trinajstić information content (AvgIpc) is 2.37. The molecule has 1 rings (SSSR count). The van der Waals surface area contributed by atoms with E-state index < -0.39 is 0 Å². The van der Waals surface area contributed by atoms with Gasteiger partial charge in [0.2, 0.25) is 0 Å². The average molecular weight is 232 g/mol. The molecular formula is C13H16N2O2. The first-order valence-corrected chi connectivity index (χ1v) is 5.29. The maximum atomic E-state index is 8.33. The van der Waals surface area contributed by atoms with Gasteiger partial charge in [-0.15, -0.1) is 0 Å². The summed E-state index contributed by atoms with van der Waals surface area (Å²) in [6.07, 6.45) is 8.98. The normalized spacial score (nSPS) is 11.6. The number of aliphatic imine (C=N–C) groups is 1. The summed E-state index contributed by atoms with van der Waals surface area (Å²) >= 11 is 0. The summed E-state index contributed by atoms with van der Waals surface area (Å²) in [4.78, 5) is 3.92. The molecule has 0 radical (unpaired) electrons. The van der Waals surface area contributed by atoms with E-state index in [4.69, 9.17) is 9.94 Å². The minimum Gasteiger partial charge on any atom is -0.490 e. The van der Waals surface area contributed by atoms with Crippen LogP contribution < -0.4 is 10.2 Å². The summed E-state index contributed by atoms with van der Waals surface area (Å²) in [5.74, 6) is 0.783. The molecule has 0 atom stereocenters. The van der Waals surface area contributed by atoms with Crippen molar-refractivity contribution in [1.82, 2.24) is 5.48 Å². The number of rotatable bonds is 6. The molecule has 0 aliphatic carbocycles. The van der Waals surface area contributed by atoms with Crippen molar-refractivity contribution >= 4 is 12.0 Å². The molecular weight excluding hydrogens is 216 g/mol. The van der Waals surface area contributed by atoms with Crippen molar-refractivity contribution in [2.24, 2.45) is 4.99 Å². The summed E-state index contributed by atoms with van der Waals surface area (Å²) in [5.41, 5.74) is 2.59. The van der Waals surface area contributed by atoms with E-state index >= 15 is 0 Å². The number of allylic oxidation sites excluding steroid dienone is 3. The third-order valence-corrected chi connectivity index (χ3v) is 1.89. The van der Waals surface area contributed by atoms with Crippen LogP contribution in [-0.4, -0.2) is 18.2 Å². The molecule has 0 saturated heterocycles. The van der Waals surface area contributed by atoms with Crippen LogP contribution in [0.25, 0.3) is 0 Å². The van der Waals surface area contributed by atoms with Gasteiger partial charge in [0.05, 0.1) is 5.69 Å². The largest absolute Gasteiger partial charge is 0.490 e. The molecule has 1 aromatic carbocycles. The van der Waals surface area contributed by atoms with E-state index in [1.54, 1.807) is 12.1 Å². The Hall–Kier alpha value is -2.07. The molecule has 90 valence electrons. The number of nitrogens with one attached hydrogen (secondary N) is 1. The maximum absolute atomic E-state index is 8.33. The second-order valence-corrected chi connectivity index (χ2v) is 3.15. The zero-order valence-corrected chi connectivity index (χ0v) is 9.71. The van der Waals surface area contributed by atoms with Crippen LogP contribution in [0.3, 0.4) is 0 Å². The Morgan fingerprint density at radius 1 is 1.29 bits per heavy atom. The molecule has 1 aromatic rings. The third kappa shape index (κ3) is 5.53. The van der Waals surface area contributed by atoms with E-state index in [0.29, 0.717) is 6.61 Å². The van der Waals surface area contributed by atoms with E-state index in [2.05, 4.69) is 4.99 Å². The summed E-state index contributed by atoms with van der Waals surface area (Å²) in [7, 11) is 0. The van der Waals surface area contributed by atoms with Crippen molar-refractivity contribution in [2.75, 3.05) is 6.61 Å².